The number of carbonyl (C=O) groups excluding carboxylic acids is 1. The first-order valence-corrected chi connectivity index (χ1v) is 5.85. The summed E-state index contributed by atoms with van der Waals surface area (Å²) in [5.41, 5.74) is 0.465. The summed E-state index contributed by atoms with van der Waals surface area (Å²) in [5.74, 6) is -0.213. The molecule has 1 rings (SSSR count). The Kier molecular flexibility index (Phi) is 3.88. The van der Waals surface area contributed by atoms with Crippen LogP contribution in [0.4, 0.5) is 0 Å². The lowest BCUT2D eigenvalue weighted by Crippen LogP contribution is -2.47. The molecule has 0 aromatic carbocycles. The molecule has 0 spiro atoms. The fourth-order valence-corrected chi connectivity index (χ4v) is 1.91. The highest BCUT2D eigenvalue weighted by Crippen LogP contribution is 2.19. The molecule has 1 atom stereocenters. The second-order valence-corrected chi connectivity index (χ2v) is 5.09. The van der Waals surface area contributed by atoms with Crippen LogP contribution in [0.25, 0.3) is 0 Å². The van der Waals surface area contributed by atoms with Crippen LogP contribution in [-0.2, 0) is 4.79 Å². The Bertz CT molecular complexity index is 319. The zero-order valence-corrected chi connectivity index (χ0v) is 10.1. The SMILES string of the molecule is CC(C(=O)NC(C)(C)CO)c1ccsc1. The van der Waals surface area contributed by atoms with Gasteiger partial charge in [-0.25, -0.2) is 0 Å². The van der Waals surface area contributed by atoms with Crippen molar-refractivity contribution in [2.24, 2.45) is 0 Å². The van der Waals surface area contributed by atoms with E-state index >= 15 is 0 Å². The largest absolute Gasteiger partial charge is 0.394 e. The number of carbonyl (C=O) groups is 1. The molecule has 0 saturated carbocycles. The highest BCUT2D eigenvalue weighted by molar-refractivity contribution is 7.08. The minimum absolute atomic E-state index is 0.0487. The number of aliphatic hydroxyl groups excluding tert-OH is 1. The molecular weight excluding hydrogens is 210 g/mol. The number of thiophene rings is 1. The van der Waals surface area contributed by atoms with Gasteiger partial charge < -0.3 is 10.4 Å². The van der Waals surface area contributed by atoms with E-state index in [-0.39, 0.29) is 18.4 Å². The summed E-state index contributed by atoms with van der Waals surface area (Å²) in [6, 6.07) is 1.95. The van der Waals surface area contributed by atoms with Crippen LogP contribution < -0.4 is 5.32 Å². The van der Waals surface area contributed by atoms with E-state index in [0.29, 0.717) is 0 Å². The molecule has 0 bridgehead atoms. The minimum Gasteiger partial charge on any atom is -0.394 e. The Labute approximate surface area is 94.1 Å². The van der Waals surface area contributed by atoms with E-state index in [1.807, 2.05) is 23.8 Å². The van der Waals surface area contributed by atoms with Gasteiger partial charge in [-0.1, -0.05) is 0 Å². The summed E-state index contributed by atoms with van der Waals surface area (Å²) < 4.78 is 0. The first kappa shape index (κ1) is 12.2. The van der Waals surface area contributed by atoms with Crippen molar-refractivity contribution in [3.63, 3.8) is 0 Å². The molecule has 1 aromatic rings. The smallest absolute Gasteiger partial charge is 0.227 e. The van der Waals surface area contributed by atoms with E-state index in [0.717, 1.165) is 5.56 Å². The van der Waals surface area contributed by atoms with Crippen molar-refractivity contribution in [3.05, 3.63) is 22.4 Å². The molecule has 1 amide bonds. The third-order valence-electron chi connectivity index (χ3n) is 2.29. The van der Waals surface area contributed by atoms with E-state index < -0.39 is 5.54 Å². The molecule has 2 N–H and O–H groups in total. The molecular formula is C11H17NO2S. The number of rotatable bonds is 4. The predicted octanol–water partition coefficient (Wildman–Crippen LogP) is 1.74. The minimum atomic E-state index is -0.554. The van der Waals surface area contributed by atoms with Crippen LogP contribution in [0.3, 0.4) is 0 Å². The standard InChI is InChI=1S/C11H17NO2S/c1-8(9-4-5-15-6-9)10(14)12-11(2,3)7-13/h4-6,8,13H,7H2,1-3H3,(H,12,14). The van der Waals surface area contributed by atoms with Gasteiger partial charge in [-0.15, -0.1) is 0 Å². The fraction of sp³-hybridized carbons (Fsp3) is 0.545. The zero-order chi connectivity index (χ0) is 11.5. The van der Waals surface area contributed by atoms with Gasteiger partial charge in [-0.3, -0.25) is 4.79 Å². The Hall–Kier alpha value is -0.870. The summed E-state index contributed by atoms with van der Waals surface area (Å²) in [4.78, 5) is 11.8. The average Bonchev–Trinajstić information content (AvgIpc) is 2.68. The molecule has 0 radical (unpaired) electrons. The molecule has 1 unspecified atom stereocenters. The van der Waals surface area contributed by atoms with Gasteiger partial charge >= 0.3 is 0 Å². The molecule has 0 saturated heterocycles. The maximum atomic E-state index is 11.8. The second kappa shape index (κ2) is 4.77. The molecule has 0 aliphatic heterocycles. The number of amides is 1. The van der Waals surface area contributed by atoms with Crippen LogP contribution in [0.15, 0.2) is 16.8 Å². The summed E-state index contributed by atoms with van der Waals surface area (Å²) in [5, 5.41) is 15.8. The molecule has 0 aliphatic rings. The van der Waals surface area contributed by atoms with E-state index in [9.17, 15) is 4.79 Å². The van der Waals surface area contributed by atoms with E-state index in [2.05, 4.69) is 5.32 Å². The molecule has 1 heterocycles. The highest BCUT2D eigenvalue weighted by Gasteiger charge is 2.23. The van der Waals surface area contributed by atoms with Crippen molar-refractivity contribution >= 4 is 17.2 Å². The van der Waals surface area contributed by atoms with Crippen LogP contribution in [0.1, 0.15) is 32.3 Å². The maximum absolute atomic E-state index is 11.8. The van der Waals surface area contributed by atoms with Gasteiger partial charge in [0.2, 0.25) is 5.91 Å². The molecule has 4 heteroatoms. The first-order valence-electron chi connectivity index (χ1n) is 4.91. The second-order valence-electron chi connectivity index (χ2n) is 4.31. The third-order valence-corrected chi connectivity index (χ3v) is 2.99. The van der Waals surface area contributed by atoms with Crippen molar-refractivity contribution in [2.45, 2.75) is 32.2 Å². The van der Waals surface area contributed by atoms with Gasteiger partial charge in [-0.2, -0.15) is 11.3 Å². The number of nitrogens with one attached hydrogen (secondary N) is 1. The van der Waals surface area contributed by atoms with Crippen LogP contribution in [0, 0.1) is 0 Å². The summed E-state index contributed by atoms with van der Waals surface area (Å²) in [6.45, 7) is 5.40. The predicted molar refractivity (Wildman–Crippen MR) is 62.0 cm³/mol. The van der Waals surface area contributed by atoms with Crippen molar-refractivity contribution in [1.82, 2.24) is 5.32 Å². The normalized spacial score (nSPS) is 13.6. The topological polar surface area (TPSA) is 49.3 Å². The van der Waals surface area contributed by atoms with Crippen molar-refractivity contribution < 1.29 is 9.90 Å². The quantitative estimate of drug-likeness (QED) is 0.823. The van der Waals surface area contributed by atoms with Crippen LogP contribution in [0.2, 0.25) is 0 Å². The number of hydrogen-bond donors (Lipinski definition) is 2. The van der Waals surface area contributed by atoms with Crippen molar-refractivity contribution in [3.8, 4) is 0 Å². The van der Waals surface area contributed by atoms with Gasteiger partial charge in [0.05, 0.1) is 18.1 Å². The lowest BCUT2D eigenvalue weighted by atomic mass is 10.0. The number of aliphatic hydroxyl groups is 1. The van der Waals surface area contributed by atoms with Crippen LogP contribution >= 0.6 is 11.3 Å². The monoisotopic (exact) mass is 227 g/mol. The van der Waals surface area contributed by atoms with Gasteiger partial charge in [0.25, 0.3) is 0 Å². The Balaban J connectivity index is 2.62. The Morgan fingerprint density at radius 2 is 2.33 bits per heavy atom. The van der Waals surface area contributed by atoms with Gasteiger partial charge in [0, 0.05) is 0 Å². The summed E-state index contributed by atoms with van der Waals surface area (Å²) >= 11 is 1.58. The first-order chi connectivity index (χ1) is 6.96. The molecule has 3 nitrogen and oxygen atoms in total. The zero-order valence-electron chi connectivity index (χ0n) is 9.28. The van der Waals surface area contributed by atoms with Gasteiger partial charge in [-0.05, 0) is 43.2 Å². The Morgan fingerprint density at radius 1 is 1.67 bits per heavy atom. The van der Waals surface area contributed by atoms with Crippen LogP contribution in [-0.4, -0.2) is 23.2 Å². The summed E-state index contributed by atoms with van der Waals surface area (Å²) in [6.07, 6.45) is 0. The van der Waals surface area contributed by atoms with Crippen molar-refractivity contribution in [2.75, 3.05) is 6.61 Å². The molecule has 15 heavy (non-hydrogen) atoms. The van der Waals surface area contributed by atoms with E-state index in [1.54, 1.807) is 25.2 Å². The van der Waals surface area contributed by atoms with E-state index in [1.165, 1.54) is 0 Å². The maximum Gasteiger partial charge on any atom is 0.227 e. The Morgan fingerprint density at radius 3 is 2.80 bits per heavy atom. The van der Waals surface area contributed by atoms with Gasteiger partial charge in [0.1, 0.15) is 0 Å². The van der Waals surface area contributed by atoms with Crippen molar-refractivity contribution in [1.29, 1.82) is 0 Å². The third kappa shape index (κ3) is 3.32. The highest BCUT2D eigenvalue weighted by atomic mass is 32.1. The fourth-order valence-electron chi connectivity index (χ4n) is 1.15. The molecule has 0 fully saturated rings. The van der Waals surface area contributed by atoms with Crippen LogP contribution in [0.5, 0.6) is 0 Å². The summed E-state index contributed by atoms with van der Waals surface area (Å²) in [7, 11) is 0. The lowest BCUT2D eigenvalue weighted by molar-refractivity contribution is -0.124. The molecule has 84 valence electrons. The number of hydrogen-bond acceptors (Lipinski definition) is 3. The average molecular weight is 227 g/mol. The lowest BCUT2D eigenvalue weighted by Gasteiger charge is -2.25. The molecule has 1 aromatic heterocycles. The van der Waals surface area contributed by atoms with E-state index in [4.69, 9.17) is 5.11 Å². The molecule has 0 aliphatic carbocycles. The van der Waals surface area contributed by atoms with Gasteiger partial charge in [0.15, 0.2) is 0 Å².